The van der Waals surface area contributed by atoms with Gasteiger partial charge in [0.25, 0.3) is 0 Å². The van der Waals surface area contributed by atoms with Crippen molar-refractivity contribution in [2.24, 2.45) is 5.10 Å². The molecule has 6 nitrogen and oxygen atoms in total. The summed E-state index contributed by atoms with van der Waals surface area (Å²) < 4.78 is 1.82. The van der Waals surface area contributed by atoms with Gasteiger partial charge in [0.15, 0.2) is 0 Å². The fraction of sp³-hybridized carbons (Fsp3) is 0.115. The number of para-hydroxylation sites is 2. The molecule has 3 aromatic carbocycles. The van der Waals surface area contributed by atoms with Gasteiger partial charge in [-0.2, -0.15) is 10.2 Å². The van der Waals surface area contributed by atoms with Gasteiger partial charge in [-0.05, 0) is 36.4 Å². The molecule has 7 heteroatoms. The molecular formula is C26H21ClN4O2. The fourth-order valence-corrected chi connectivity index (χ4v) is 4.23. The topological polar surface area (TPSA) is 70.7 Å². The molecule has 0 aliphatic carbocycles. The molecule has 1 atom stereocenters. The maximum atomic E-state index is 12.6. The zero-order chi connectivity index (χ0) is 22.9. The van der Waals surface area contributed by atoms with E-state index in [4.69, 9.17) is 16.7 Å². The summed E-state index contributed by atoms with van der Waals surface area (Å²) >= 11 is 6.11. The predicted molar refractivity (Wildman–Crippen MR) is 129 cm³/mol. The highest BCUT2D eigenvalue weighted by Crippen LogP contribution is 2.39. The van der Waals surface area contributed by atoms with Crippen molar-refractivity contribution in [3.8, 4) is 22.7 Å². The smallest absolute Gasteiger partial charge is 0.240 e. The van der Waals surface area contributed by atoms with Crippen molar-refractivity contribution in [2.75, 3.05) is 0 Å². The average molecular weight is 457 g/mol. The lowest BCUT2D eigenvalue weighted by Gasteiger charge is -2.20. The predicted octanol–water partition coefficient (Wildman–Crippen LogP) is 5.60. The van der Waals surface area contributed by atoms with Crippen LogP contribution in [-0.2, 0) is 4.79 Å². The van der Waals surface area contributed by atoms with Gasteiger partial charge in [-0.25, -0.2) is 9.69 Å². The number of nitrogens with zero attached hydrogens (tertiary/aromatic N) is 4. The molecule has 0 saturated heterocycles. The standard InChI is InChI=1S/C26H21ClN4O2/c1-17(32)31-24(15-23(28-31)21-9-5-6-10-25(21)33)22-16-30(20-7-3-2-4-8-20)29-26(22)18-11-13-19(27)14-12-18/h2-14,16,24,33H,15H2,1H3/t24-/m0/s1. The molecular weight excluding hydrogens is 436 g/mol. The number of halogens is 1. The van der Waals surface area contributed by atoms with Crippen LogP contribution in [0.4, 0.5) is 0 Å². The minimum Gasteiger partial charge on any atom is -0.507 e. The van der Waals surface area contributed by atoms with E-state index in [2.05, 4.69) is 5.10 Å². The molecule has 5 rings (SSSR count). The van der Waals surface area contributed by atoms with Crippen LogP contribution in [0.5, 0.6) is 5.75 Å². The van der Waals surface area contributed by atoms with Crippen molar-refractivity contribution < 1.29 is 9.90 Å². The number of hydrazone groups is 1. The van der Waals surface area contributed by atoms with E-state index >= 15 is 0 Å². The summed E-state index contributed by atoms with van der Waals surface area (Å²) in [4.78, 5) is 12.6. The molecule has 0 unspecified atom stereocenters. The molecule has 1 amide bonds. The van der Waals surface area contributed by atoms with Crippen LogP contribution < -0.4 is 0 Å². The normalized spacial score (nSPS) is 15.5. The first kappa shape index (κ1) is 21.0. The molecule has 0 spiro atoms. The SMILES string of the molecule is CC(=O)N1N=C(c2ccccc2O)C[C@H]1c1cn(-c2ccccc2)nc1-c1ccc(Cl)cc1. The zero-order valence-corrected chi connectivity index (χ0v) is 18.6. The number of aromatic nitrogens is 2. The van der Waals surface area contributed by atoms with E-state index in [1.54, 1.807) is 12.1 Å². The van der Waals surface area contributed by atoms with Crippen LogP contribution in [0.25, 0.3) is 16.9 Å². The zero-order valence-electron chi connectivity index (χ0n) is 17.9. The number of hydrogen-bond acceptors (Lipinski definition) is 4. The highest BCUT2D eigenvalue weighted by atomic mass is 35.5. The highest BCUT2D eigenvalue weighted by Gasteiger charge is 2.35. The minimum atomic E-state index is -0.361. The Morgan fingerprint density at radius 3 is 2.39 bits per heavy atom. The summed E-state index contributed by atoms with van der Waals surface area (Å²) in [5, 5.41) is 21.9. The third-order valence-electron chi connectivity index (χ3n) is 5.69. The van der Waals surface area contributed by atoms with E-state index in [-0.39, 0.29) is 17.7 Å². The Morgan fingerprint density at radius 1 is 1.00 bits per heavy atom. The minimum absolute atomic E-state index is 0.137. The Bertz CT molecular complexity index is 1350. The number of carbonyl (C=O) groups excluding carboxylic acids is 1. The van der Waals surface area contributed by atoms with Crippen molar-refractivity contribution >= 4 is 23.2 Å². The van der Waals surface area contributed by atoms with Gasteiger partial charge in [0.05, 0.1) is 23.1 Å². The highest BCUT2D eigenvalue weighted by molar-refractivity contribution is 6.30. The summed E-state index contributed by atoms with van der Waals surface area (Å²) in [5.41, 5.74) is 4.69. The Balaban J connectivity index is 1.63. The average Bonchev–Trinajstić information content (AvgIpc) is 3.46. The van der Waals surface area contributed by atoms with E-state index in [9.17, 15) is 9.90 Å². The molecule has 164 valence electrons. The van der Waals surface area contributed by atoms with Crippen LogP contribution >= 0.6 is 11.6 Å². The van der Waals surface area contributed by atoms with Gasteiger partial charge in [-0.1, -0.05) is 54.1 Å². The van der Waals surface area contributed by atoms with E-state index in [0.717, 1.165) is 22.5 Å². The van der Waals surface area contributed by atoms with Crippen LogP contribution in [0.3, 0.4) is 0 Å². The first-order valence-electron chi connectivity index (χ1n) is 10.6. The molecule has 1 aliphatic heterocycles. The number of aromatic hydroxyl groups is 1. The molecule has 2 heterocycles. The maximum absolute atomic E-state index is 12.6. The Morgan fingerprint density at radius 2 is 1.70 bits per heavy atom. The first-order chi connectivity index (χ1) is 16.0. The monoisotopic (exact) mass is 456 g/mol. The number of amides is 1. The summed E-state index contributed by atoms with van der Waals surface area (Å²) in [6.07, 6.45) is 2.40. The molecule has 1 aliphatic rings. The summed E-state index contributed by atoms with van der Waals surface area (Å²) in [6.45, 7) is 1.49. The second kappa shape index (κ2) is 8.56. The second-order valence-corrected chi connectivity index (χ2v) is 8.30. The molecule has 33 heavy (non-hydrogen) atoms. The molecule has 1 aromatic heterocycles. The molecule has 0 radical (unpaired) electrons. The molecule has 0 saturated carbocycles. The lowest BCUT2D eigenvalue weighted by atomic mass is 9.96. The first-order valence-corrected chi connectivity index (χ1v) is 11.0. The van der Waals surface area contributed by atoms with Crippen molar-refractivity contribution in [1.82, 2.24) is 14.8 Å². The Labute approximate surface area is 196 Å². The van der Waals surface area contributed by atoms with Gasteiger partial charge in [0, 0.05) is 41.3 Å². The van der Waals surface area contributed by atoms with Crippen molar-refractivity contribution in [3.05, 3.63) is 101 Å². The number of benzene rings is 3. The van der Waals surface area contributed by atoms with Gasteiger partial charge < -0.3 is 5.11 Å². The van der Waals surface area contributed by atoms with E-state index < -0.39 is 0 Å². The fourth-order valence-electron chi connectivity index (χ4n) is 4.10. The number of carbonyl (C=O) groups is 1. The van der Waals surface area contributed by atoms with Gasteiger partial charge in [-0.15, -0.1) is 0 Å². The van der Waals surface area contributed by atoms with Crippen molar-refractivity contribution in [1.29, 1.82) is 0 Å². The van der Waals surface area contributed by atoms with Gasteiger partial charge >= 0.3 is 0 Å². The maximum Gasteiger partial charge on any atom is 0.240 e. The van der Waals surface area contributed by atoms with Gasteiger partial charge in [-0.3, -0.25) is 4.79 Å². The molecule has 0 bridgehead atoms. The molecule has 1 N–H and O–H groups in total. The van der Waals surface area contributed by atoms with E-state index in [1.807, 2.05) is 77.6 Å². The Hall–Kier alpha value is -3.90. The van der Waals surface area contributed by atoms with Crippen molar-refractivity contribution in [2.45, 2.75) is 19.4 Å². The molecule has 0 fully saturated rings. The lowest BCUT2D eigenvalue weighted by Crippen LogP contribution is -2.24. The van der Waals surface area contributed by atoms with Crippen LogP contribution in [0, 0.1) is 0 Å². The van der Waals surface area contributed by atoms with Crippen LogP contribution in [0.15, 0.2) is 90.2 Å². The van der Waals surface area contributed by atoms with Crippen molar-refractivity contribution in [3.63, 3.8) is 0 Å². The van der Waals surface area contributed by atoms with Crippen LogP contribution in [0.1, 0.15) is 30.5 Å². The second-order valence-electron chi connectivity index (χ2n) is 7.87. The number of rotatable bonds is 4. The molecule has 4 aromatic rings. The van der Waals surface area contributed by atoms with Gasteiger partial charge in [0.2, 0.25) is 5.91 Å². The third kappa shape index (κ3) is 4.01. The van der Waals surface area contributed by atoms with Crippen LogP contribution in [-0.4, -0.2) is 31.5 Å². The summed E-state index contributed by atoms with van der Waals surface area (Å²) in [7, 11) is 0. The van der Waals surface area contributed by atoms with E-state index in [1.165, 1.54) is 11.9 Å². The summed E-state index contributed by atoms with van der Waals surface area (Å²) in [5.74, 6) is -0.0433. The number of hydrogen-bond donors (Lipinski definition) is 1. The largest absolute Gasteiger partial charge is 0.507 e. The summed E-state index contributed by atoms with van der Waals surface area (Å²) in [6, 6.07) is 24.0. The van der Waals surface area contributed by atoms with Crippen LogP contribution in [0.2, 0.25) is 5.02 Å². The third-order valence-corrected chi connectivity index (χ3v) is 5.94. The lowest BCUT2D eigenvalue weighted by molar-refractivity contribution is -0.130. The Kier molecular flexibility index (Phi) is 5.44. The van der Waals surface area contributed by atoms with Gasteiger partial charge in [0.1, 0.15) is 5.75 Å². The van der Waals surface area contributed by atoms with E-state index in [0.29, 0.717) is 22.7 Å². The number of phenols is 1. The quantitative estimate of drug-likeness (QED) is 0.434. The number of phenolic OH excluding ortho intramolecular Hbond substituents is 1.